The normalized spacial score (nSPS) is 13.6. The van der Waals surface area contributed by atoms with Gasteiger partial charge in [0.2, 0.25) is 0 Å². The lowest BCUT2D eigenvalue weighted by Gasteiger charge is -2.37. The Bertz CT molecular complexity index is 1110. The molecule has 0 bridgehead atoms. The van der Waals surface area contributed by atoms with Gasteiger partial charge in [-0.25, -0.2) is 0 Å². The Balaban J connectivity index is 0.000000250. The van der Waals surface area contributed by atoms with E-state index in [1.165, 1.54) is 78.5 Å². The van der Waals surface area contributed by atoms with Gasteiger partial charge < -0.3 is 15.5 Å². The highest BCUT2D eigenvalue weighted by atomic mass is 32.2. The summed E-state index contributed by atoms with van der Waals surface area (Å²) in [6.07, 6.45) is 9.56. The predicted octanol–water partition coefficient (Wildman–Crippen LogP) is 9.47. The van der Waals surface area contributed by atoms with Gasteiger partial charge in [-0.15, -0.1) is 23.5 Å². The van der Waals surface area contributed by atoms with Gasteiger partial charge in [0.1, 0.15) is 0 Å². The van der Waals surface area contributed by atoms with Crippen molar-refractivity contribution in [1.29, 1.82) is 0 Å². The maximum Gasteiger partial charge on any atom is 0.0368 e. The minimum atomic E-state index is 0.521. The largest absolute Gasteiger partial charge is 0.368 e. The fourth-order valence-corrected chi connectivity index (χ4v) is 7.79. The monoisotopic (exact) mass is 662 g/mol. The average Bonchev–Trinajstić information content (AvgIpc) is 3.09. The molecule has 1 saturated carbocycles. The van der Waals surface area contributed by atoms with Crippen molar-refractivity contribution < 1.29 is 0 Å². The van der Waals surface area contributed by atoms with Crippen LogP contribution in [0.2, 0.25) is 0 Å². The summed E-state index contributed by atoms with van der Waals surface area (Å²) < 4.78 is 0. The number of anilines is 1. The Morgan fingerprint density at radius 2 is 1.07 bits per heavy atom. The van der Waals surface area contributed by atoms with Crippen molar-refractivity contribution in [3.8, 4) is 0 Å². The van der Waals surface area contributed by atoms with Crippen LogP contribution < -0.4 is 15.5 Å². The van der Waals surface area contributed by atoms with E-state index in [-0.39, 0.29) is 0 Å². The van der Waals surface area contributed by atoms with Crippen LogP contribution in [-0.2, 0) is 0 Å². The molecule has 0 saturated heterocycles. The summed E-state index contributed by atoms with van der Waals surface area (Å²) in [6.45, 7) is 15.8. The summed E-state index contributed by atoms with van der Waals surface area (Å²) in [6, 6.07) is 34.0. The molecular formula is C40H62N4S2. The molecule has 0 atom stereocenters. The minimum Gasteiger partial charge on any atom is -0.368 e. The van der Waals surface area contributed by atoms with Gasteiger partial charge in [-0.3, -0.25) is 4.90 Å². The fourth-order valence-electron chi connectivity index (χ4n) is 6.05. The van der Waals surface area contributed by atoms with E-state index in [1.54, 1.807) is 0 Å². The lowest BCUT2D eigenvalue weighted by Crippen LogP contribution is -2.45. The molecule has 254 valence electrons. The zero-order chi connectivity index (χ0) is 32.7. The fraction of sp³-hybridized carbons (Fsp3) is 0.550. The van der Waals surface area contributed by atoms with Crippen LogP contribution in [0.3, 0.4) is 0 Å². The van der Waals surface area contributed by atoms with Crippen LogP contribution in [0.15, 0.2) is 101 Å². The number of benzene rings is 3. The molecule has 0 amide bonds. The molecule has 0 radical (unpaired) electrons. The van der Waals surface area contributed by atoms with Crippen LogP contribution in [0.1, 0.15) is 72.6 Å². The Kier molecular flexibility index (Phi) is 20.3. The highest BCUT2D eigenvalue weighted by Gasteiger charge is 2.22. The first kappa shape index (κ1) is 38.5. The first-order valence-electron chi connectivity index (χ1n) is 17.9. The third-order valence-electron chi connectivity index (χ3n) is 8.51. The van der Waals surface area contributed by atoms with Crippen molar-refractivity contribution in [1.82, 2.24) is 15.5 Å². The highest BCUT2D eigenvalue weighted by molar-refractivity contribution is 7.99. The van der Waals surface area contributed by atoms with Gasteiger partial charge in [0.25, 0.3) is 0 Å². The van der Waals surface area contributed by atoms with Crippen LogP contribution in [0.5, 0.6) is 0 Å². The van der Waals surface area contributed by atoms with Crippen LogP contribution in [-0.4, -0.2) is 73.8 Å². The van der Waals surface area contributed by atoms with Crippen LogP contribution >= 0.6 is 23.5 Å². The van der Waals surface area contributed by atoms with Crippen molar-refractivity contribution in [2.75, 3.05) is 55.7 Å². The van der Waals surface area contributed by atoms with Crippen molar-refractivity contribution in [3.63, 3.8) is 0 Å². The lowest BCUT2D eigenvalue weighted by atomic mass is 9.93. The number of nitrogens with one attached hydrogen (secondary N) is 2. The Labute approximate surface area is 290 Å². The summed E-state index contributed by atoms with van der Waals surface area (Å²) in [5.41, 5.74) is 1.31. The molecule has 0 spiro atoms. The van der Waals surface area contributed by atoms with Crippen molar-refractivity contribution in [2.24, 2.45) is 0 Å². The second kappa shape index (κ2) is 24.2. The number of hydrogen-bond acceptors (Lipinski definition) is 6. The molecular weight excluding hydrogens is 601 g/mol. The zero-order valence-corrected chi connectivity index (χ0v) is 30.8. The van der Waals surface area contributed by atoms with Gasteiger partial charge in [-0.2, -0.15) is 0 Å². The Morgan fingerprint density at radius 3 is 1.54 bits per heavy atom. The van der Waals surface area contributed by atoms with E-state index in [0.717, 1.165) is 38.8 Å². The average molecular weight is 663 g/mol. The number of nitrogens with zero attached hydrogens (tertiary/aromatic N) is 2. The molecule has 0 unspecified atom stereocenters. The molecule has 1 fully saturated rings. The topological polar surface area (TPSA) is 30.5 Å². The van der Waals surface area contributed by atoms with E-state index in [9.17, 15) is 0 Å². The Hall–Kier alpha value is -1.96. The van der Waals surface area contributed by atoms with Gasteiger partial charge in [-0.05, 0) is 114 Å². The van der Waals surface area contributed by atoms with Crippen LogP contribution in [0.25, 0.3) is 0 Å². The summed E-state index contributed by atoms with van der Waals surface area (Å²) in [5, 5.41) is 7.21. The molecule has 46 heavy (non-hydrogen) atoms. The van der Waals surface area contributed by atoms with Crippen LogP contribution in [0, 0.1) is 0 Å². The molecule has 2 N–H and O–H groups in total. The number of thioether (sulfide) groups is 2. The first-order valence-corrected chi connectivity index (χ1v) is 19.9. The smallest absolute Gasteiger partial charge is 0.0368 e. The zero-order valence-electron chi connectivity index (χ0n) is 29.2. The third-order valence-corrected chi connectivity index (χ3v) is 10.7. The molecule has 6 heteroatoms. The molecule has 4 rings (SSSR count). The van der Waals surface area contributed by atoms with Crippen molar-refractivity contribution >= 4 is 29.2 Å². The second-order valence-electron chi connectivity index (χ2n) is 12.8. The second-order valence-corrected chi connectivity index (χ2v) is 15.1. The SMILES string of the molecule is CC(C)N(CCNCCCSc1ccccc1)C1CCCCC1.CC(C)N(CCNCCCSc1ccccc1)c1ccccc1. The van der Waals surface area contributed by atoms with Gasteiger partial charge in [0.05, 0.1) is 0 Å². The van der Waals surface area contributed by atoms with Crippen molar-refractivity contribution in [3.05, 3.63) is 91.0 Å². The molecule has 3 aromatic rings. The van der Waals surface area contributed by atoms with E-state index >= 15 is 0 Å². The van der Waals surface area contributed by atoms with E-state index in [1.807, 2.05) is 23.5 Å². The molecule has 0 aromatic heterocycles. The highest BCUT2D eigenvalue weighted by Crippen LogP contribution is 2.24. The summed E-state index contributed by atoms with van der Waals surface area (Å²) in [4.78, 5) is 7.93. The quantitative estimate of drug-likeness (QED) is 0.0926. The molecule has 0 aliphatic heterocycles. The van der Waals surface area contributed by atoms with E-state index < -0.39 is 0 Å². The molecule has 3 aromatic carbocycles. The number of hydrogen-bond donors (Lipinski definition) is 2. The van der Waals surface area contributed by atoms with E-state index in [4.69, 9.17) is 0 Å². The van der Waals surface area contributed by atoms with E-state index in [2.05, 4.69) is 139 Å². The lowest BCUT2D eigenvalue weighted by molar-refractivity contribution is 0.121. The summed E-state index contributed by atoms with van der Waals surface area (Å²) >= 11 is 3.90. The minimum absolute atomic E-state index is 0.521. The van der Waals surface area contributed by atoms with Crippen molar-refractivity contribution in [2.45, 2.75) is 101 Å². The maximum atomic E-state index is 3.64. The maximum absolute atomic E-state index is 3.64. The molecule has 1 aliphatic rings. The third kappa shape index (κ3) is 16.2. The first-order chi connectivity index (χ1) is 22.5. The van der Waals surface area contributed by atoms with Gasteiger partial charge >= 0.3 is 0 Å². The molecule has 4 nitrogen and oxygen atoms in total. The standard InChI is InChI=1S/C20H34N2S.C20H28N2S/c2*1-18(2)22(19-10-5-3-6-11-19)16-15-21-14-9-17-23-20-12-7-4-8-13-20/h4,7-8,12-13,18-19,21H,3,5-6,9-11,14-17H2,1-2H3;3-8,10-13,18,21H,9,14-17H2,1-2H3. The van der Waals surface area contributed by atoms with Gasteiger partial charge in [0, 0.05) is 59.8 Å². The Morgan fingerprint density at radius 1 is 0.587 bits per heavy atom. The molecule has 0 heterocycles. The summed E-state index contributed by atoms with van der Waals surface area (Å²) in [5.74, 6) is 2.37. The summed E-state index contributed by atoms with van der Waals surface area (Å²) in [7, 11) is 0. The van der Waals surface area contributed by atoms with Crippen LogP contribution in [0.4, 0.5) is 5.69 Å². The van der Waals surface area contributed by atoms with Gasteiger partial charge in [0.15, 0.2) is 0 Å². The molecule has 1 aliphatic carbocycles. The number of rotatable bonds is 20. The predicted molar refractivity (Wildman–Crippen MR) is 207 cm³/mol. The van der Waals surface area contributed by atoms with Gasteiger partial charge in [-0.1, -0.05) is 73.9 Å². The van der Waals surface area contributed by atoms with E-state index in [0.29, 0.717) is 12.1 Å². The number of para-hydroxylation sites is 1.